The molecule has 2 aromatic carbocycles. The normalized spacial score (nSPS) is 13.7. The molecule has 1 aliphatic rings. The SMILES string of the molecule is O=C1CC(N(Cc2ccccc2)Cc2ccccc2)=NN1. The molecule has 4 nitrogen and oxygen atoms in total. The minimum atomic E-state index is -0.0453. The molecule has 0 unspecified atom stereocenters. The van der Waals surface area contributed by atoms with Crippen LogP contribution in [0.25, 0.3) is 0 Å². The highest BCUT2D eigenvalue weighted by Crippen LogP contribution is 2.14. The largest absolute Gasteiger partial charge is 0.350 e. The summed E-state index contributed by atoms with van der Waals surface area (Å²) in [6.45, 7) is 1.48. The van der Waals surface area contributed by atoms with Crippen molar-refractivity contribution in [2.24, 2.45) is 5.10 Å². The molecule has 0 aliphatic carbocycles. The molecule has 0 atom stereocenters. The molecule has 1 aliphatic heterocycles. The van der Waals surface area contributed by atoms with Crippen molar-refractivity contribution in [3.8, 4) is 0 Å². The number of carbonyl (C=O) groups is 1. The Morgan fingerprint density at radius 2 is 1.43 bits per heavy atom. The average molecular weight is 279 g/mol. The summed E-state index contributed by atoms with van der Waals surface area (Å²) < 4.78 is 0. The molecule has 4 heteroatoms. The highest BCUT2D eigenvalue weighted by molar-refractivity contribution is 6.03. The summed E-state index contributed by atoms with van der Waals surface area (Å²) in [6, 6.07) is 20.4. The van der Waals surface area contributed by atoms with Gasteiger partial charge >= 0.3 is 0 Å². The summed E-state index contributed by atoms with van der Waals surface area (Å²) in [4.78, 5) is 13.6. The fourth-order valence-corrected chi connectivity index (χ4v) is 2.38. The van der Waals surface area contributed by atoms with Crippen LogP contribution < -0.4 is 5.43 Å². The van der Waals surface area contributed by atoms with Crippen LogP contribution in [0.3, 0.4) is 0 Å². The number of nitrogens with zero attached hydrogens (tertiary/aromatic N) is 2. The van der Waals surface area contributed by atoms with Gasteiger partial charge in [0, 0.05) is 13.1 Å². The summed E-state index contributed by atoms with van der Waals surface area (Å²) in [6.07, 6.45) is 0.347. The fourth-order valence-electron chi connectivity index (χ4n) is 2.38. The number of nitrogens with one attached hydrogen (secondary N) is 1. The lowest BCUT2D eigenvalue weighted by Crippen LogP contribution is -2.29. The van der Waals surface area contributed by atoms with Gasteiger partial charge in [-0.05, 0) is 11.1 Å². The van der Waals surface area contributed by atoms with Gasteiger partial charge in [0.2, 0.25) is 5.91 Å². The van der Waals surface area contributed by atoms with Crippen molar-refractivity contribution in [2.45, 2.75) is 19.5 Å². The van der Waals surface area contributed by atoms with Crippen molar-refractivity contribution in [2.75, 3.05) is 0 Å². The molecule has 1 N–H and O–H groups in total. The van der Waals surface area contributed by atoms with Crippen molar-refractivity contribution >= 4 is 11.7 Å². The number of benzene rings is 2. The molecule has 0 aromatic heterocycles. The first kappa shape index (κ1) is 13.4. The monoisotopic (exact) mass is 279 g/mol. The zero-order chi connectivity index (χ0) is 14.5. The summed E-state index contributed by atoms with van der Waals surface area (Å²) in [5.41, 5.74) is 4.94. The predicted molar refractivity (Wildman–Crippen MR) is 82.3 cm³/mol. The van der Waals surface area contributed by atoms with Gasteiger partial charge in [0.05, 0.1) is 6.42 Å². The van der Waals surface area contributed by atoms with Crippen molar-refractivity contribution in [1.29, 1.82) is 0 Å². The van der Waals surface area contributed by atoms with E-state index in [-0.39, 0.29) is 5.91 Å². The van der Waals surface area contributed by atoms with Gasteiger partial charge in [-0.1, -0.05) is 60.7 Å². The molecule has 0 spiro atoms. The van der Waals surface area contributed by atoms with Crippen molar-refractivity contribution in [3.05, 3.63) is 71.8 Å². The van der Waals surface area contributed by atoms with E-state index in [1.807, 2.05) is 36.4 Å². The summed E-state index contributed by atoms with van der Waals surface area (Å²) >= 11 is 0. The van der Waals surface area contributed by atoms with E-state index >= 15 is 0 Å². The van der Waals surface area contributed by atoms with Gasteiger partial charge in [0.1, 0.15) is 5.84 Å². The lowest BCUT2D eigenvalue weighted by Gasteiger charge is -2.24. The summed E-state index contributed by atoms with van der Waals surface area (Å²) in [7, 11) is 0. The van der Waals surface area contributed by atoms with Gasteiger partial charge in [-0.3, -0.25) is 4.79 Å². The number of amidine groups is 1. The van der Waals surface area contributed by atoms with Crippen LogP contribution >= 0.6 is 0 Å². The first-order valence-corrected chi connectivity index (χ1v) is 6.99. The van der Waals surface area contributed by atoms with E-state index in [1.165, 1.54) is 11.1 Å². The maximum atomic E-state index is 11.4. The van der Waals surface area contributed by atoms with Gasteiger partial charge < -0.3 is 4.90 Å². The second kappa shape index (κ2) is 6.22. The zero-order valence-corrected chi connectivity index (χ0v) is 11.7. The molecule has 0 bridgehead atoms. The van der Waals surface area contributed by atoms with Crippen molar-refractivity contribution in [1.82, 2.24) is 10.3 Å². The number of hydrazone groups is 1. The molecule has 0 saturated carbocycles. The van der Waals surface area contributed by atoms with Crippen LogP contribution in [0.1, 0.15) is 17.5 Å². The predicted octanol–water partition coefficient (Wildman–Crippen LogP) is 2.52. The number of hydrogen-bond donors (Lipinski definition) is 1. The number of carbonyl (C=O) groups excluding carboxylic acids is 1. The summed E-state index contributed by atoms with van der Waals surface area (Å²) in [5, 5.41) is 4.15. The fraction of sp³-hybridized carbons (Fsp3) is 0.176. The van der Waals surface area contributed by atoms with E-state index in [0.717, 1.165) is 18.9 Å². The highest BCUT2D eigenvalue weighted by atomic mass is 16.2. The van der Waals surface area contributed by atoms with Crippen LogP contribution in [0.5, 0.6) is 0 Å². The molecule has 1 amide bonds. The lowest BCUT2D eigenvalue weighted by atomic mass is 10.1. The smallest absolute Gasteiger partial charge is 0.247 e. The molecule has 1 heterocycles. The van der Waals surface area contributed by atoms with E-state index in [2.05, 4.69) is 39.7 Å². The van der Waals surface area contributed by atoms with Crippen LogP contribution in [0.15, 0.2) is 65.8 Å². The van der Waals surface area contributed by atoms with Gasteiger partial charge in [-0.15, -0.1) is 0 Å². The van der Waals surface area contributed by atoms with Crippen LogP contribution in [0.2, 0.25) is 0 Å². The Morgan fingerprint density at radius 1 is 0.905 bits per heavy atom. The molecule has 3 rings (SSSR count). The molecule has 21 heavy (non-hydrogen) atoms. The first-order chi connectivity index (χ1) is 10.3. The zero-order valence-electron chi connectivity index (χ0n) is 11.7. The van der Waals surface area contributed by atoms with Crippen LogP contribution in [-0.4, -0.2) is 16.6 Å². The molecular weight excluding hydrogens is 262 g/mol. The van der Waals surface area contributed by atoms with E-state index in [9.17, 15) is 4.79 Å². The molecule has 0 saturated heterocycles. The summed E-state index contributed by atoms with van der Waals surface area (Å²) in [5.74, 6) is 0.754. The third kappa shape index (κ3) is 3.48. The Morgan fingerprint density at radius 3 is 1.86 bits per heavy atom. The maximum absolute atomic E-state index is 11.4. The maximum Gasteiger partial charge on any atom is 0.247 e. The van der Waals surface area contributed by atoms with Gasteiger partial charge in [0.15, 0.2) is 0 Å². The second-order valence-corrected chi connectivity index (χ2v) is 5.07. The third-order valence-corrected chi connectivity index (χ3v) is 3.43. The Bertz CT molecular complexity index is 596. The Hall–Kier alpha value is -2.62. The Kier molecular flexibility index (Phi) is 3.96. The second-order valence-electron chi connectivity index (χ2n) is 5.07. The molecule has 0 fully saturated rings. The third-order valence-electron chi connectivity index (χ3n) is 3.43. The van der Waals surface area contributed by atoms with Gasteiger partial charge in [0.25, 0.3) is 0 Å². The van der Waals surface area contributed by atoms with Crippen molar-refractivity contribution in [3.63, 3.8) is 0 Å². The topological polar surface area (TPSA) is 44.7 Å². The van der Waals surface area contributed by atoms with Crippen LogP contribution in [0.4, 0.5) is 0 Å². The Balaban J connectivity index is 1.79. The van der Waals surface area contributed by atoms with Gasteiger partial charge in [-0.25, -0.2) is 5.43 Å². The molecule has 2 aromatic rings. The highest BCUT2D eigenvalue weighted by Gasteiger charge is 2.21. The minimum absolute atomic E-state index is 0.0453. The van der Waals surface area contributed by atoms with Crippen molar-refractivity contribution < 1.29 is 4.79 Å². The van der Waals surface area contributed by atoms with E-state index in [1.54, 1.807) is 0 Å². The number of hydrogen-bond acceptors (Lipinski definition) is 3. The van der Waals surface area contributed by atoms with Crippen LogP contribution in [-0.2, 0) is 17.9 Å². The van der Waals surface area contributed by atoms with E-state index in [0.29, 0.717) is 6.42 Å². The van der Waals surface area contributed by atoms with E-state index in [4.69, 9.17) is 0 Å². The standard InChI is InChI=1S/C17H17N3O/c21-17-11-16(18-19-17)20(12-14-7-3-1-4-8-14)13-15-9-5-2-6-10-15/h1-10H,11-13H2,(H,19,21). The number of rotatable bonds is 4. The Labute approximate surface area is 124 Å². The quantitative estimate of drug-likeness (QED) is 0.934. The molecular formula is C17H17N3O. The number of amides is 1. The first-order valence-electron chi connectivity index (χ1n) is 6.99. The minimum Gasteiger partial charge on any atom is -0.350 e. The van der Waals surface area contributed by atoms with Gasteiger partial charge in [-0.2, -0.15) is 5.10 Å². The van der Waals surface area contributed by atoms with E-state index < -0.39 is 0 Å². The molecule has 106 valence electrons. The molecule has 0 radical (unpaired) electrons. The van der Waals surface area contributed by atoms with Crippen LogP contribution in [0, 0.1) is 0 Å². The lowest BCUT2D eigenvalue weighted by molar-refractivity contribution is -0.119. The average Bonchev–Trinajstić information content (AvgIpc) is 2.95.